The van der Waals surface area contributed by atoms with Crippen molar-refractivity contribution in [2.24, 2.45) is 0 Å². The van der Waals surface area contributed by atoms with Gasteiger partial charge in [0.15, 0.2) is 0 Å². The van der Waals surface area contributed by atoms with Crippen LogP contribution >= 0.6 is 11.6 Å². The number of rotatable bonds is 3. The van der Waals surface area contributed by atoms with Crippen molar-refractivity contribution in [3.05, 3.63) is 94.0 Å². The van der Waals surface area contributed by atoms with Gasteiger partial charge in [-0.3, -0.25) is 14.4 Å². The minimum atomic E-state index is -0.402. The number of benzene rings is 3. The molecule has 166 valence electrons. The number of anilines is 2. The number of imide groups is 1. The molecule has 0 saturated carbocycles. The van der Waals surface area contributed by atoms with E-state index in [1.807, 2.05) is 43.3 Å². The zero-order chi connectivity index (χ0) is 23.1. The zero-order valence-electron chi connectivity index (χ0n) is 18.1. The third kappa shape index (κ3) is 3.87. The molecule has 33 heavy (non-hydrogen) atoms. The van der Waals surface area contributed by atoms with Crippen molar-refractivity contribution in [3.63, 3.8) is 0 Å². The highest BCUT2D eigenvalue weighted by Gasteiger charge is 2.37. The fourth-order valence-electron chi connectivity index (χ4n) is 4.30. The molecule has 0 aromatic heterocycles. The Morgan fingerprint density at radius 3 is 2.03 bits per heavy atom. The topological polar surface area (TPSA) is 60.9 Å². The average molecular weight is 460 g/mol. The van der Waals surface area contributed by atoms with E-state index in [0.717, 1.165) is 11.3 Å². The van der Waals surface area contributed by atoms with E-state index in [1.165, 1.54) is 4.90 Å². The van der Waals surface area contributed by atoms with Crippen molar-refractivity contribution < 1.29 is 14.4 Å². The van der Waals surface area contributed by atoms with E-state index in [2.05, 4.69) is 4.90 Å². The largest absolute Gasteiger partial charge is 0.368 e. The molecule has 0 radical (unpaired) electrons. The van der Waals surface area contributed by atoms with Gasteiger partial charge in [-0.1, -0.05) is 29.3 Å². The van der Waals surface area contributed by atoms with Gasteiger partial charge in [-0.05, 0) is 61.5 Å². The van der Waals surface area contributed by atoms with E-state index in [4.69, 9.17) is 11.6 Å². The van der Waals surface area contributed by atoms with Crippen molar-refractivity contribution in [1.82, 2.24) is 4.90 Å². The molecule has 0 atom stereocenters. The molecule has 2 aliphatic heterocycles. The number of fused-ring (bicyclic) bond motifs is 1. The highest BCUT2D eigenvalue weighted by atomic mass is 35.5. The molecule has 3 amide bonds. The van der Waals surface area contributed by atoms with E-state index in [0.29, 0.717) is 48.0 Å². The summed E-state index contributed by atoms with van der Waals surface area (Å²) >= 11 is 5.97. The van der Waals surface area contributed by atoms with Gasteiger partial charge in [0.25, 0.3) is 17.7 Å². The van der Waals surface area contributed by atoms with Crippen molar-refractivity contribution in [2.45, 2.75) is 6.92 Å². The quantitative estimate of drug-likeness (QED) is 0.544. The molecule has 1 fully saturated rings. The Morgan fingerprint density at radius 2 is 1.36 bits per heavy atom. The Morgan fingerprint density at radius 1 is 0.758 bits per heavy atom. The fourth-order valence-corrected chi connectivity index (χ4v) is 4.43. The van der Waals surface area contributed by atoms with Crippen molar-refractivity contribution >= 4 is 40.7 Å². The molecule has 7 heteroatoms. The smallest absolute Gasteiger partial charge is 0.266 e. The number of amides is 3. The second-order valence-electron chi connectivity index (χ2n) is 8.30. The molecular weight excluding hydrogens is 438 g/mol. The van der Waals surface area contributed by atoms with E-state index in [9.17, 15) is 14.4 Å². The lowest BCUT2D eigenvalue weighted by Crippen LogP contribution is -2.48. The Hall–Kier alpha value is -3.64. The van der Waals surface area contributed by atoms with Crippen LogP contribution in [0.15, 0.2) is 66.7 Å². The number of carbonyl (C=O) groups is 3. The first-order valence-electron chi connectivity index (χ1n) is 10.8. The van der Waals surface area contributed by atoms with Crippen molar-refractivity contribution in [3.8, 4) is 0 Å². The first-order chi connectivity index (χ1) is 15.9. The first-order valence-corrected chi connectivity index (χ1v) is 11.2. The number of carbonyl (C=O) groups excluding carboxylic acids is 3. The molecule has 2 aliphatic rings. The van der Waals surface area contributed by atoms with Gasteiger partial charge in [-0.2, -0.15) is 0 Å². The minimum absolute atomic E-state index is 0.136. The second-order valence-corrected chi connectivity index (χ2v) is 8.73. The molecule has 0 unspecified atom stereocenters. The van der Waals surface area contributed by atoms with Gasteiger partial charge in [0, 0.05) is 42.5 Å². The average Bonchev–Trinajstić information content (AvgIpc) is 3.09. The summed E-state index contributed by atoms with van der Waals surface area (Å²) in [5.74, 6) is -0.905. The van der Waals surface area contributed by atoms with Gasteiger partial charge in [-0.25, -0.2) is 4.90 Å². The summed E-state index contributed by atoms with van der Waals surface area (Å²) in [6.07, 6.45) is 0. The van der Waals surface area contributed by atoms with E-state index in [-0.39, 0.29) is 17.4 Å². The SMILES string of the molecule is Cc1ccc(N2C(=O)c3ccc(C(=O)N4CCN(c5ccc(Cl)cc5)CC4)cc3C2=O)cc1. The maximum absolute atomic E-state index is 13.1. The number of nitrogens with zero attached hydrogens (tertiary/aromatic N) is 3. The lowest BCUT2D eigenvalue weighted by Gasteiger charge is -2.36. The Kier molecular flexibility index (Phi) is 5.38. The molecule has 6 nitrogen and oxygen atoms in total. The first kappa shape index (κ1) is 21.2. The number of halogens is 1. The fraction of sp³-hybridized carbons (Fsp3) is 0.192. The Labute approximate surface area is 197 Å². The lowest BCUT2D eigenvalue weighted by molar-refractivity contribution is 0.0746. The molecular formula is C26H22ClN3O3. The molecule has 3 aromatic carbocycles. The van der Waals surface area contributed by atoms with Crippen LogP contribution < -0.4 is 9.80 Å². The summed E-state index contributed by atoms with van der Waals surface area (Å²) in [6, 6.07) is 19.7. The molecule has 0 aliphatic carbocycles. The molecule has 2 heterocycles. The molecule has 0 spiro atoms. The maximum atomic E-state index is 13.1. The normalized spacial score (nSPS) is 15.8. The Bertz CT molecular complexity index is 1250. The van der Waals surface area contributed by atoms with Gasteiger partial charge >= 0.3 is 0 Å². The van der Waals surface area contributed by atoms with Gasteiger partial charge in [0.2, 0.25) is 0 Å². The number of aryl methyl sites for hydroxylation is 1. The predicted octanol–water partition coefficient (Wildman–Crippen LogP) is 4.41. The van der Waals surface area contributed by atoms with Gasteiger partial charge in [0.1, 0.15) is 0 Å². The van der Waals surface area contributed by atoms with Crippen LogP contribution in [0.2, 0.25) is 5.02 Å². The van der Waals surface area contributed by atoms with Crippen LogP contribution in [0.25, 0.3) is 0 Å². The lowest BCUT2D eigenvalue weighted by atomic mass is 10.0. The number of hydrogen-bond acceptors (Lipinski definition) is 4. The second kappa shape index (κ2) is 8.37. The summed E-state index contributed by atoms with van der Waals surface area (Å²) in [4.78, 5) is 44.2. The van der Waals surface area contributed by atoms with Crippen LogP contribution in [-0.2, 0) is 0 Å². The summed E-state index contributed by atoms with van der Waals surface area (Å²) in [6.45, 7) is 4.50. The van der Waals surface area contributed by atoms with Gasteiger partial charge in [-0.15, -0.1) is 0 Å². The van der Waals surface area contributed by atoms with E-state index >= 15 is 0 Å². The third-order valence-electron chi connectivity index (χ3n) is 6.18. The minimum Gasteiger partial charge on any atom is -0.368 e. The molecule has 1 saturated heterocycles. The Balaban J connectivity index is 1.32. The van der Waals surface area contributed by atoms with Crippen LogP contribution in [0.3, 0.4) is 0 Å². The third-order valence-corrected chi connectivity index (χ3v) is 6.44. The molecule has 0 N–H and O–H groups in total. The summed E-state index contributed by atoms with van der Waals surface area (Å²) < 4.78 is 0. The van der Waals surface area contributed by atoms with Crippen LogP contribution in [-0.4, -0.2) is 48.8 Å². The maximum Gasteiger partial charge on any atom is 0.266 e. The van der Waals surface area contributed by atoms with Crippen molar-refractivity contribution in [1.29, 1.82) is 0 Å². The van der Waals surface area contributed by atoms with Crippen LogP contribution in [0.1, 0.15) is 36.6 Å². The monoisotopic (exact) mass is 459 g/mol. The highest BCUT2D eigenvalue weighted by molar-refractivity contribution is 6.34. The van der Waals surface area contributed by atoms with Gasteiger partial charge < -0.3 is 9.80 Å². The van der Waals surface area contributed by atoms with E-state index in [1.54, 1.807) is 35.2 Å². The van der Waals surface area contributed by atoms with Crippen molar-refractivity contribution in [2.75, 3.05) is 36.0 Å². The number of piperazine rings is 1. The van der Waals surface area contributed by atoms with Crippen LogP contribution in [0.5, 0.6) is 0 Å². The molecule has 3 aromatic rings. The zero-order valence-corrected chi connectivity index (χ0v) is 18.9. The highest BCUT2D eigenvalue weighted by Crippen LogP contribution is 2.30. The summed E-state index contributed by atoms with van der Waals surface area (Å²) in [5.41, 5.74) is 3.65. The predicted molar refractivity (Wildman–Crippen MR) is 128 cm³/mol. The number of hydrogen-bond donors (Lipinski definition) is 0. The molecule has 0 bridgehead atoms. The van der Waals surface area contributed by atoms with Gasteiger partial charge in [0.05, 0.1) is 16.8 Å². The molecule has 5 rings (SSSR count). The van der Waals surface area contributed by atoms with E-state index < -0.39 is 5.91 Å². The summed E-state index contributed by atoms with van der Waals surface area (Å²) in [5, 5.41) is 0.693. The van der Waals surface area contributed by atoms with Crippen LogP contribution in [0.4, 0.5) is 11.4 Å². The van der Waals surface area contributed by atoms with Crippen LogP contribution in [0, 0.1) is 6.92 Å². The standard InChI is InChI=1S/C26H22ClN3O3/c1-17-2-7-21(8-3-17)30-25(32)22-11-4-18(16-23(22)26(30)33)24(31)29-14-12-28(13-15-29)20-9-5-19(27)6-10-20/h2-11,16H,12-15H2,1H3. The summed E-state index contributed by atoms with van der Waals surface area (Å²) in [7, 11) is 0.